The van der Waals surface area contributed by atoms with Crippen LogP contribution in [0, 0.1) is 35.5 Å². The van der Waals surface area contributed by atoms with Crippen molar-refractivity contribution in [3.8, 4) is 24.7 Å². The molecule has 0 unspecified atom stereocenters. The van der Waals surface area contributed by atoms with Crippen LogP contribution in [0.5, 0.6) is 0 Å². The van der Waals surface area contributed by atoms with E-state index in [0.29, 0.717) is 12.8 Å². The van der Waals surface area contributed by atoms with E-state index < -0.39 is 19.1 Å². The van der Waals surface area contributed by atoms with Crippen LogP contribution in [0.2, 0.25) is 0 Å². The van der Waals surface area contributed by atoms with Gasteiger partial charge in [0.2, 0.25) is 0 Å². The summed E-state index contributed by atoms with van der Waals surface area (Å²) in [5, 5.41) is 0. The molecule has 0 saturated heterocycles. The molecule has 0 atom stereocenters. The molecular formula is C22H31O3P. The molecular weight excluding hydrogens is 343 g/mol. The van der Waals surface area contributed by atoms with Crippen molar-refractivity contribution in [2.75, 3.05) is 13.2 Å². The van der Waals surface area contributed by atoms with Gasteiger partial charge in [-0.05, 0) is 51.7 Å². The summed E-state index contributed by atoms with van der Waals surface area (Å²) in [6, 6.07) is 0. The van der Waals surface area contributed by atoms with Gasteiger partial charge in [-0.2, -0.15) is 0 Å². The third-order valence-corrected chi connectivity index (χ3v) is 4.96. The van der Waals surface area contributed by atoms with E-state index in [1.807, 2.05) is 27.7 Å². The summed E-state index contributed by atoms with van der Waals surface area (Å²) >= 11 is 0. The molecule has 0 aromatic carbocycles. The van der Waals surface area contributed by atoms with Gasteiger partial charge in [-0.15, -0.1) is 12.8 Å². The van der Waals surface area contributed by atoms with Crippen LogP contribution in [-0.4, -0.2) is 13.2 Å². The average Bonchev–Trinajstić information content (AvgIpc) is 2.57. The van der Waals surface area contributed by atoms with Gasteiger partial charge in [0.15, 0.2) is 0 Å². The van der Waals surface area contributed by atoms with Crippen LogP contribution in [0.25, 0.3) is 0 Å². The van der Waals surface area contributed by atoms with Gasteiger partial charge < -0.3 is 9.05 Å². The molecule has 0 aromatic heterocycles. The van der Waals surface area contributed by atoms with E-state index in [0.717, 1.165) is 22.3 Å². The molecule has 0 saturated carbocycles. The number of rotatable bonds is 12. The molecule has 4 heteroatoms. The van der Waals surface area contributed by atoms with Gasteiger partial charge in [-0.1, -0.05) is 49.3 Å². The smallest absolute Gasteiger partial charge is 0.306 e. The molecule has 26 heavy (non-hydrogen) atoms. The fraction of sp³-hybridized carbons (Fsp3) is 0.455. The van der Waals surface area contributed by atoms with Crippen LogP contribution in [0.3, 0.4) is 0 Å². The van der Waals surface area contributed by atoms with Crippen LogP contribution in [-0.2, 0) is 13.6 Å². The molecule has 0 radical (unpaired) electrons. The Morgan fingerprint density at radius 2 is 1.15 bits per heavy atom. The maximum Gasteiger partial charge on any atom is 0.319 e. The van der Waals surface area contributed by atoms with Crippen molar-refractivity contribution in [3.63, 3.8) is 0 Å². The molecule has 0 rings (SSSR count). The maximum atomic E-state index is 11.9. The molecule has 0 N–H and O–H groups in total. The predicted octanol–water partition coefficient (Wildman–Crippen LogP) is 5.73. The fourth-order valence-electron chi connectivity index (χ4n) is 1.72. The Labute approximate surface area is 160 Å². The minimum absolute atomic E-state index is 0.126. The first-order valence-corrected chi connectivity index (χ1v) is 9.53. The van der Waals surface area contributed by atoms with Gasteiger partial charge in [0.05, 0.1) is 13.2 Å². The summed E-state index contributed by atoms with van der Waals surface area (Å²) in [6.45, 7) is 23.7. The van der Waals surface area contributed by atoms with Crippen molar-refractivity contribution in [1.82, 2.24) is 0 Å². The molecule has 0 aliphatic heterocycles. The van der Waals surface area contributed by atoms with E-state index in [-0.39, 0.29) is 13.2 Å². The Hall–Kier alpha value is -1.77. The molecule has 0 aliphatic carbocycles. The van der Waals surface area contributed by atoms with Crippen molar-refractivity contribution in [2.45, 2.75) is 40.5 Å². The van der Waals surface area contributed by atoms with E-state index in [4.69, 9.17) is 21.9 Å². The largest absolute Gasteiger partial charge is 0.319 e. The van der Waals surface area contributed by atoms with Gasteiger partial charge in [0.1, 0.15) is 0 Å². The van der Waals surface area contributed by atoms with Crippen LogP contribution >= 0.6 is 8.25 Å². The molecule has 0 fully saturated rings. The Morgan fingerprint density at radius 1 is 0.846 bits per heavy atom. The van der Waals surface area contributed by atoms with Crippen LogP contribution in [0.4, 0.5) is 0 Å². The molecule has 142 valence electrons. The highest BCUT2D eigenvalue weighted by Gasteiger charge is 2.20. The van der Waals surface area contributed by atoms with Crippen molar-refractivity contribution >= 4 is 8.25 Å². The topological polar surface area (TPSA) is 35.5 Å². The van der Waals surface area contributed by atoms with Gasteiger partial charge >= 0.3 is 8.25 Å². The van der Waals surface area contributed by atoms with Gasteiger partial charge in [0, 0.05) is 10.8 Å². The average molecular weight is 374 g/mol. The molecule has 0 aliphatic rings. The van der Waals surface area contributed by atoms with Crippen molar-refractivity contribution in [2.24, 2.45) is 10.8 Å². The second-order valence-corrected chi connectivity index (χ2v) is 8.50. The van der Waals surface area contributed by atoms with E-state index in [2.05, 4.69) is 38.2 Å². The Balaban J connectivity index is 4.26. The van der Waals surface area contributed by atoms with Gasteiger partial charge in [0.25, 0.3) is 0 Å². The monoisotopic (exact) mass is 374 g/mol. The standard InChI is InChI=1S/C22H31O3P/c1-11-21(7,8)19(5)13-17(3)15-24-26(23)25-16-18(4)14-20(6)22(9,10)12-2/h1-2,26H,3-6,13-16H2,7-10H3. The lowest BCUT2D eigenvalue weighted by atomic mass is 9.83. The number of terminal acetylenes is 2. The van der Waals surface area contributed by atoms with E-state index in [9.17, 15) is 4.57 Å². The summed E-state index contributed by atoms with van der Waals surface area (Å²) < 4.78 is 22.3. The highest BCUT2D eigenvalue weighted by Crippen LogP contribution is 2.32. The summed E-state index contributed by atoms with van der Waals surface area (Å²) in [5.41, 5.74) is 2.36. The number of hydrogen-bond acceptors (Lipinski definition) is 3. The summed E-state index contributed by atoms with van der Waals surface area (Å²) in [6.07, 6.45) is 12.0. The Bertz CT molecular complexity index is 623. The molecule has 3 nitrogen and oxygen atoms in total. The quantitative estimate of drug-likeness (QED) is 0.248. The predicted molar refractivity (Wildman–Crippen MR) is 112 cm³/mol. The molecule has 0 aromatic rings. The fourth-order valence-corrected chi connectivity index (χ4v) is 2.44. The van der Waals surface area contributed by atoms with Crippen LogP contribution < -0.4 is 0 Å². The molecule has 0 spiro atoms. The highest BCUT2D eigenvalue weighted by atomic mass is 31.1. The summed E-state index contributed by atoms with van der Waals surface area (Å²) in [4.78, 5) is 0. The summed E-state index contributed by atoms with van der Waals surface area (Å²) in [5.74, 6) is 5.37. The SMILES string of the molecule is C#CC(C)(C)C(=C)CC(=C)CO[PH](=O)OCC(=C)CC(=C)C(C)(C)C#C. The normalized spacial score (nSPS) is 11.5. The van der Waals surface area contributed by atoms with Gasteiger partial charge in [-0.3, -0.25) is 4.57 Å². The van der Waals surface area contributed by atoms with E-state index in [1.54, 1.807) is 0 Å². The zero-order chi connectivity index (χ0) is 20.5. The lowest BCUT2D eigenvalue weighted by Gasteiger charge is -2.22. The molecule has 0 bridgehead atoms. The Kier molecular flexibility index (Phi) is 9.69. The molecule has 0 amide bonds. The first-order valence-electron chi connectivity index (χ1n) is 8.30. The third-order valence-electron chi connectivity index (χ3n) is 4.20. The van der Waals surface area contributed by atoms with Crippen molar-refractivity contribution in [1.29, 1.82) is 0 Å². The van der Waals surface area contributed by atoms with E-state index >= 15 is 0 Å². The van der Waals surface area contributed by atoms with Crippen LogP contribution in [0.1, 0.15) is 40.5 Å². The zero-order valence-corrected chi connectivity index (χ0v) is 17.5. The zero-order valence-electron chi connectivity index (χ0n) is 16.5. The Morgan fingerprint density at radius 3 is 1.42 bits per heavy atom. The lowest BCUT2D eigenvalue weighted by Crippen LogP contribution is -2.12. The first kappa shape index (κ1) is 24.2. The highest BCUT2D eigenvalue weighted by molar-refractivity contribution is 7.33. The summed E-state index contributed by atoms with van der Waals surface area (Å²) in [7, 11) is -2.64. The number of hydrogen-bond donors (Lipinski definition) is 0. The van der Waals surface area contributed by atoms with Crippen LogP contribution in [0.15, 0.2) is 48.6 Å². The minimum Gasteiger partial charge on any atom is -0.306 e. The van der Waals surface area contributed by atoms with E-state index in [1.165, 1.54) is 0 Å². The second-order valence-electron chi connectivity index (χ2n) is 7.43. The third kappa shape index (κ3) is 8.55. The second kappa shape index (κ2) is 10.4. The van der Waals surface area contributed by atoms with Crippen molar-refractivity contribution < 1.29 is 13.6 Å². The lowest BCUT2D eigenvalue weighted by molar-refractivity contribution is 0.251. The first-order chi connectivity index (χ1) is 11.9. The molecule has 0 heterocycles. The van der Waals surface area contributed by atoms with Gasteiger partial charge in [-0.25, -0.2) is 0 Å². The van der Waals surface area contributed by atoms with Crippen molar-refractivity contribution in [3.05, 3.63) is 48.6 Å². The maximum absolute atomic E-state index is 11.9. The minimum atomic E-state index is -2.64. The number of allylic oxidation sites excluding steroid dienone is 2.